The number of hydrogen-bond donors (Lipinski definition) is 1. The molecule has 1 aromatic carbocycles. The molecule has 0 bridgehead atoms. The van der Waals surface area contributed by atoms with Gasteiger partial charge in [0.25, 0.3) is 0 Å². The zero-order valence-corrected chi connectivity index (χ0v) is 11.1. The van der Waals surface area contributed by atoms with E-state index in [0.29, 0.717) is 5.69 Å². The molecular formula is C11H11BrN2O4. The van der Waals surface area contributed by atoms with E-state index in [1.165, 1.54) is 0 Å². The molecule has 18 heavy (non-hydrogen) atoms. The lowest BCUT2D eigenvalue weighted by Gasteiger charge is -2.03. The van der Waals surface area contributed by atoms with Gasteiger partial charge in [-0.2, -0.15) is 0 Å². The third-order valence-corrected chi connectivity index (χ3v) is 2.61. The first kappa shape index (κ1) is 14.2. The van der Waals surface area contributed by atoms with E-state index in [1.54, 1.807) is 31.2 Å². The molecule has 0 spiro atoms. The molecule has 1 N–H and O–H groups in total. The topological polar surface area (TPSA) is 81.5 Å². The van der Waals surface area contributed by atoms with Crippen molar-refractivity contribution in [1.29, 1.82) is 0 Å². The third-order valence-electron chi connectivity index (χ3n) is 1.92. The molecule has 0 aromatic heterocycles. The number of benzene rings is 1. The van der Waals surface area contributed by atoms with Gasteiger partial charge in [0.1, 0.15) is 0 Å². The molecule has 0 atom stereocenters. The van der Waals surface area contributed by atoms with Gasteiger partial charge >= 0.3 is 11.7 Å². The Balaban J connectivity index is 2.88. The Morgan fingerprint density at radius 3 is 2.78 bits per heavy atom. The average molecular weight is 315 g/mol. The number of carbonyl (C=O) groups excluding carboxylic acids is 1. The number of ether oxygens (including phenoxy) is 1. The molecule has 0 aliphatic carbocycles. The summed E-state index contributed by atoms with van der Waals surface area (Å²) >= 11 is 3.27. The maximum absolute atomic E-state index is 11.3. The maximum atomic E-state index is 11.3. The molecule has 0 fully saturated rings. The van der Waals surface area contributed by atoms with Crippen LogP contribution in [0.25, 0.3) is 0 Å². The molecule has 0 saturated heterocycles. The van der Waals surface area contributed by atoms with Crippen molar-refractivity contribution in [1.82, 2.24) is 0 Å². The highest BCUT2D eigenvalue weighted by Crippen LogP contribution is 2.21. The SMILES string of the molecule is CCOC(=O)/C(=C/Nc1ccccc1Br)[N+](=O)[O-]. The molecule has 0 aliphatic heterocycles. The first-order valence-corrected chi connectivity index (χ1v) is 5.88. The van der Waals surface area contributed by atoms with E-state index in [0.717, 1.165) is 10.7 Å². The van der Waals surface area contributed by atoms with Crippen molar-refractivity contribution in [2.75, 3.05) is 11.9 Å². The number of hydrogen-bond acceptors (Lipinski definition) is 5. The highest BCUT2D eigenvalue weighted by atomic mass is 79.9. The fourth-order valence-corrected chi connectivity index (χ4v) is 1.51. The number of carbonyl (C=O) groups is 1. The maximum Gasteiger partial charge on any atom is 0.411 e. The monoisotopic (exact) mass is 314 g/mol. The molecule has 0 amide bonds. The second-order valence-corrected chi connectivity index (χ2v) is 3.99. The van der Waals surface area contributed by atoms with Crippen molar-refractivity contribution >= 4 is 27.6 Å². The van der Waals surface area contributed by atoms with Gasteiger partial charge in [-0.15, -0.1) is 0 Å². The number of nitro groups is 1. The Morgan fingerprint density at radius 2 is 2.22 bits per heavy atom. The van der Waals surface area contributed by atoms with Crippen LogP contribution in [0.5, 0.6) is 0 Å². The number of rotatable bonds is 5. The van der Waals surface area contributed by atoms with Crippen molar-refractivity contribution in [2.24, 2.45) is 0 Å². The minimum atomic E-state index is -0.970. The lowest BCUT2D eigenvalue weighted by molar-refractivity contribution is -0.421. The summed E-state index contributed by atoms with van der Waals surface area (Å²) in [5.74, 6) is -0.970. The van der Waals surface area contributed by atoms with Gasteiger partial charge in [0, 0.05) is 4.47 Å². The fourth-order valence-electron chi connectivity index (χ4n) is 1.12. The average Bonchev–Trinajstić information content (AvgIpc) is 2.31. The van der Waals surface area contributed by atoms with E-state index in [4.69, 9.17) is 0 Å². The zero-order chi connectivity index (χ0) is 13.5. The number of nitrogens with zero attached hydrogens (tertiary/aromatic N) is 1. The van der Waals surface area contributed by atoms with Crippen LogP contribution in [0.3, 0.4) is 0 Å². The predicted octanol–water partition coefficient (Wildman–Crippen LogP) is 2.54. The van der Waals surface area contributed by atoms with E-state index in [1.807, 2.05) is 0 Å². The Kier molecular flexibility index (Phi) is 5.31. The van der Waals surface area contributed by atoms with Crippen LogP contribution in [0.2, 0.25) is 0 Å². The van der Waals surface area contributed by atoms with Gasteiger partial charge in [0.05, 0.1) is 23.4 Å². The number of nitrogens with one attached hydrogen (secondary N) is 1. The number of para-hydroxylation sites is 1. The Hall–Kier alpha value is -1.89. The van der Waals surface area contributed by atoms with Crippen molar-refractivity contribution in [3.8, 4) is 0 Å². The van der Waals surface area contributed by atoms with Crippen molar-refractivity contribution in [3.63, 3.8) is 0 Å². The molecule has 0 radical (unpaired) electrons. The summed E-state index contributed by atoms with van der Waals surface area (Å²) in [6.07, 6.45) is 1.01. The van der Waals surface area contributed by atoms with Gasteiger partial charge in [-0.3, -0.25) is 10.1 Å². The third kappa shape index (κ3) is 3.85. The summed E-state index contributed by atoms with van der Waals surface area (Å²) in [7, 11) is 0. The van der Waals surface area contributed by atoms with E-state index < -0.39 is 16.6 Å². The standard InChI is InChI=1S/C11H11BrN2O4/c1-2-18-11(15)10(14(16)17)7-13-9-6-4-3-5-8(9)12/h3-7,13H,2H2,1H3/b10-7-. The summed E-state index contributed by atoms with van der Waals surface area (Å²) < 4.78 is 5.31. The van der Waals surface area contributed by atoms with Crippen LogP contribution >= 0.6 is 15.9 Å². The van der Waals surface area contributed by atoms with E-state index in [9.17, 15) is 14.9 Å². The highest BCUT2D eigenvalue weighted by Gasteiger charge is 2.23. The lowest BCUT2D eigenvalue weighted by Crippen LogP contribution is -2.16. The van der Waals surface area contributed by atoms with Crippen LogP contribution in [0, 0.1) is 10.1 Å². The number of halogens is 1. The molecule has 0 unspecified atom stereocenters. The van der Waals surface area contributed by atoms with Crippen molar-refractivity contribution < 1.29 is 14.5 Å². The van der Waals surface area contributed by atoms with Crippen LogP contribution in [-0.2, 0) is 9.53 Å². The summed E-state index contributed by atoms with van der Waals surface area (Å²) in [5, 5.41) is 13.4. The Labute approximate surface area is 112 Å². The molecule has 7 heteroatoms. The Morgan fingerprint density at radius 1 is 1.56 bits per heavy atom. The van der Waals surface area contributed by atoms with Crippen LogP contribution in [-0.4, -0.2) is 17.5 Å². The Bertz CT molecular complexity index is 488. The van der Waals surface area contributed by atoms with Gasteiger partial charge in [0.2, 0.25) is 0 Å². The van der Waals surface area contributed by atoms with Crippen molar-refractivity contribution in [3.05, 3.63) is 50.7 Å². The lowest BCUT2D eigenvalue weighted by atomic mass is 10.3. The van der Waals surface area contributed by atoms with Crippen LogP contribution in [0.15, 0.2) is 40.6 Å². The van der Waals surface area contributed by atoms with Crippen LogP contribution in [0.4, 0.5) is 5.69 Å². The van der Waals surface area contributed by atoms with Crippen LogP contribution < -0.4 is 5.32 Å². The first-order valence-electron chi connectivity index (χ1n) is 5.09. The zero-order valence-electron chi connectivity index (χ0n) is 9.55. The fraction of sp³-hybridized carbons (Fsp3) is 0.182. The molecule has 0 aliphatic rings. The molecule has 0 saturated carbocycles. The highest BCUT2D eigenvalue weighted by molar-refractivity contribution is 9.10. The molecular weight excluding hydrogens is 304 g/mol. The molecule has 1 aromatic rings. The predicted molar refractivity (Wildman–Crippen MR) is 69.5 cm³/mol. The van der Waals surface area contributed by atoms with Gasteiger partial charge in [0.15, 0.2) is 0 Å². The first-order chi connectivity index (χ1) is 8.56. The van der Waals surface area contributed by atoms with E-state index in [2.05, 4.69) is 26.0 Å². The molecule has 0 heterocycles. The van der Waals surface area contributed by atoms with E-state index in [-0.39, 0.29) is 6.61 Å². The smallest absolute Gasteiger partial charge is 0.411 e. The second-order valence-electron chi connectivity index (χ2n) is 3.13. The largest absolute Gasteiger partial charge is 0.458 e. The summed E-state index contributed by atoms with van der Waals surface area (Å²) in [6.45, 7) is 1.66. The van der Waals surface area contributed by atoms with Gasteiger partial charge in [-0.1, -0.05) is 12.1 Å². The molecule has 96 valence electrons. The second kappa shape index (κ2) is 6.75. The van der Waals surface area contributed by atoms with Gasteiger partial charge in [-0.25, -0.2) is 4.79 Å². The summed E-state index contributed by atoms with van der Waals surface area (Å²) in [4.78, 5) is 21.2. The number of anilines is 1. The number of esters is 1. The van der Waals surface area contributed by atoms with Gasteiger partial charge < -0.3 is 10.1 Å². The van der Waals surface area contributed by atoms with Gasteiger partial charge in [-0.05, 0) is 35.0 Å². The molecule has 1 rings (SSSR count). The minimum Gasteiger partial charge on any atom is -0.458 e. The quantitative estimate of drug-likeness (QED) is 0.391. The van der Waals surface area contributed by atoms with Crippen LogP contribution in [0.1, 0.15) is 6.92 Å². The molecule has 6 nitrogen and oxygen atoms in total. The summed E-state index contributed by atoms with van der Waals surface area (Å²) in [5.41, 5.74) is -0.0336. The van der Waals surface area contributed by atoms with Crippen molar-refractivity contribution in [2.45, 2.75) is 6.92 Å². The summed E-state index contributed by atoms with van der Waals surface area (Å²) in [6, 6.07) is 7.05. The van der Waals surface area contributed by atoms with E-state index >= 15 is 0 Å². The normalized spacial score (nSPS) is 10.9. The minimum absolute atomic E-state index is 0.0824.